The van der Waals surface area contributed by atoms with E-state index in [9.17, 15) is 4.79 Å². The number of aromatic nitrogens is 2. The number of nitrogens with zero attached hydrogens (tertiary/aromatic N) is 3. The minimum Gasteiger partial charge on any atom is -0.395 e. The van der Waals surface area contributed by atoms with Crippen molar-refractivity contribution in [2.75, 3.05) is 33.4 Å². The van der Waals surface area contributed by atoms with E-state index in [0.717, 1.165) is 11.5 Å². The predicted molar refractivity (Wildman–Crippen MR) is 54.8 cm³/mol. The van der Waals surface area contributed by atoms with Crippen LogP contribution in [0.5, 0.6) is 0 Å². The Hall–Kier alpha value is -1.05. The maximum absolute atomic E-state index is 11.8. The van der Waals surface area contributed by atoms with E-state index in [0.29, 0.717) is 18.8 Å². The third-order valence-electron chi connectivity index (χ3n) is 1.80. The normalized spacial score (nSPS) is 10.3. The topological polar surface area (TPSA) is 75.6 Å². The molecule has 0 bridgehead atoms. The van der Waals surface area contributed by atoms with E-state index in [2.05, 4.69) is 9.59 Å². The van der Waals surface area contributed by atoms with Gasteiger partial charge in [0, 0.05) is 25.6 Å². The Morgan fingerprint density at radius 2 is 2.47 bits per heavy atom. The fraction of sp³-hybridized carbons (Fsp3) is 0.625. The first-order valence-electron chi connectivity index (χ1n) is 4.45. The Labute approximate surface area is 91.6 Å². The Kier molecular flexibility index (Phi) is 5.16. The molecule has 0 saturated carbocycles. The molecular weight excluding hydrogens is 218 g/mol. The molecule has 15 heavy (non-hydrogen) atoms. The molecule has 1 rings (SSSR count). The lowest BCUT2D eigenvalue weighted by Gasteiger charge is -2.19. The van der Waals surface area contributed by atoms with Crippen LogP contribution in [0.4, 0.5) is 0 Å². The van der Waals surface area contributed by atoms with Crippen LogP contribution in [0.15, 0.2) is 5.38 Å². The summed E-state index contributed by atoms with van der Waals surface area (Å²) in [6.07, 6.45) is 0. The van der Waals surface area contributed by atoms with E-state index in [1.54, 1.807) is 12.5 Å². The van der Waals surface area contributed by atoms with Gasteiger partial charge in [0.2, 0.25) is 0 Å². The van der Waals surface area contributed by atoms with Gasteiger partial charge in [0.25, 0.3) is 5.91 Å². The van der Waals surface area contributed by atoms with E-state index < -0.39 is 0 Å². The molecule has 7 heteroatoms. The van der Waals surface area contributed by atoms with Gasteiger partial charge in [-0.15, -0.1) is 5.10 Å². The summed E-state index contributed by atoms with van der Waals surface area (Å²) in [7, 11) is 1.56. The molecule has 0 saturated heterocycles. The average Bonchev–Trinajstić information content (AvgIpc) is 2.76. The number of hydrogen-bond acceptors (Lipinski definition) is 6. The molecule has 1 N–H and O–H groups in total. The number of methoxy groups -OCH3 is 1. The number of carbonyl (C=O) groups is 1. The number of ether oxygens (including phenoxy) is 1. The third-order valence-corrected chi connectivity index (χ3v) is 2.31. The highest BCUT2D eigenvalue weighted by molar-refractivity contribution is 7.03. The molecule has 1 aromatic heterocycles. The van der Waals surface area contributed by atoms with Crippen LogP contribution in [-0.4, -0.2) is 58.9 Å². The van der Waals surface area contributed by atoms with Crippen molar-refractivity contribution in [1.29, 1.82) is 0 Å². The lowest BCUT2D eigenvalue weighted by Crippen LogP contribution is -2.36. The standard InChI is InChI=1S/C8H13N3O3S/c1-14-5-3-11(2-4-12)8(13)7-6-15-10-9-7/h6,12H,2-5H2,1H3. The van der Waals surface area contributed by atoms with Crippen molar-refractivity contribution in [2.45, 2.75) is 0 Å². The minimum atomic E-state index is -0.227. The number of rotatable bonds is 6. The van der Waals surface area contributed by atoms with Gasteiger partial charge in [0.1, 0.15) is 0 Å². The van der Waals surface area contributed by atoms with E-state index >= 15 is 0 Å². The summed E-state index contributed by atoms with van der Waals surface area (Å²) in [5, 5.41) is 14.1. The van der Waals surface area contributed by atoms with Crippen LogP contribution in [0.2, 0.25) is 0 Å². The number of aliphatic hydroxyl groups is 1. The summed E-state index contributed by atoms with van der Waals surface area (Å²) in [5.74, 6) is -0.227. The Morgan fingerprint density at radius 1 is 1.67 bits per heavy atom. The second-order valence-electron chi connectivity index (χ2n) is 2.80. The zero-order chi connectivity index (χ0) is 11.1. The van der Waals surface area contributed by atoms with Crippen molar-refractivity contribution in [3.8, 4) is 0 Å². The fourth-order valence-electron chi connectivity index (χ4n) is 1.06. The van der Waals surface area contributed by atoms with Crippen LogP contribution < -0.4 is 0 Å². The number of amides is 1. The van der Waals surface area contributed by atoms with Crippen molar-refractivity contribution in [2.24, 2.45) is 0 Å². The van der Waals surface area contributed by atoms with Crippen LogP contribution in [0.3, 0.4) is 0 Å². The smallest absolute Gasteiger partial charge is 0.275 e. The maximum atomic E-state index is 11.8. The molecule has 0 atom stereocenters. The molecule has 0 fully saturated rings. The minimum absolute atomic E-state index is 0.0764. The van der Waals surface area contributed by atoms with Gasteiger partial charge in [-0.2, -0.15) is 0 Å². The first-order chi connectivity index (χ1) is 7.29. The summed E-state index contributed by atoms with van der Waals surface area (Å²) in [5.41, 5.74) is 0.310. The lowest BCUT2D eigenvalue weighted by molar-refractivity contribution is 0.0651. The SMILES string of the molecule is COCCN(CCO)C(=O)c1csnn1. The van der Waals surface area contributed by atoms with Crippen molar-refractivity contribution in [1.82, 2.24) is 14.5 Å². The monoisotopic (exact) mass is 231 g/mol. The Morgan fingerprint density at radius 3 is 3.00 bits per heavy atom. The third kappa shape index (κ3) is 3.54. The first kappa shape index (κ1) is 12.0. The largest absolute Gasteiger partial charge is 0.395 e. The van der Waals surface area contributed by atoms with Crippen molar-refractivity contribution in [3.05, 3.63) is 11.1 Å². The summed E-state index contributed by atoms with van der Waals surface area (Å²) in [6, 6.07) is 0. The second-order valence-corrected chi connectivity index (χ2v) is 3.41. The summed E-state index contributed by atoms with van der Waals surface area (Å²) in [4.78, 5) is 13.3. The van der Waals surface area contributed by atoms with E-state index in [-0.39, 0.29) is 19.1 Å². The molecule has 0 aliphatic carbocycles. The summed E-state index contributed by atoms with van der Waals surface area (Å²) in [6.45, 7) is 1.07. The average molecular weight is 231 g/mol. The van der Waals surface area contributed by atoms with Crippen molar-refractivity contribution < 1.29 is 14.6 Å². The molecule has 84 valence electrons. The van der Waals surface area contributed by atoms with Crippen LogP contribution in [0.25, 0.3) is 0 Å². The highest BCUT2D eigenvalue weighted by Gasteiger charge is 2.17. The van der Waals surface area contributed by atoms with Crippen LogP contribution in [0, 0.1) is 0 Å². The van der Waals surface area contributed by atoms with E-state index in [1.165, 1.54) is 4.90 Å². The predicted octanol–water partition coefficient (Wildman–Crippen LogP) is -0.381. The molecule has 1 amide bonds. The zero-order valence-corrected chi connectivity index (χ0v) is 9.24. The van der Waals surface area contributed by atoms with Gasteiger partial charge in [-0.05, 0) is 11.5 Å². The molecule has 6 nitrogen and oxygen atoms in total. The van der Waals surface area contributed by atoms with Crippen molar-refractivity contribution in [3.63, 3.8) is 0 Å². The molecule has 0 aliphatic heterocycles. The number of hydrogen-bond donors (Lipinski definition) is 1. The van der Waals surface area contributed by atoms with Gasteiger partial charge < -0.3 is 14.7 Å². The van der Waals surface area contributed by atoms with Crippen molar-refractivity contribution >= 4 is 17.4 Å². The molecule has 1 aromatic rings. The molecule has 0 aliphatic rings. The molecule has 0 aromatic carbocycles. The Bertz CT molecular complexity index is 291. The van der Waals surface area contributed by atoms with E-state index in [4.69, 9.17) is 9.84 Å². The highest BCUT2D eigenvalue weighted by Crippen LogP contribution is 2.03. The van der Waals surface area contributed by atoms with Crippen LogP contribution in [-0.2, 0) is 4.74 Å². The van der Waals surface area contributed by atoms with Gasteiger partial charge >= 0.3 is 0 Å². The molecule has 1 heterocycles. The molecular formula is C8H13N3O3S. The Balaban J connectivity index is 2.58. The maximum Gasteiger partial charge on any atom is 0.275 e. The summed E-state index contributed by atoms with van der Waals surface area (Å²) >= 11 is 1.12. The molecule has 0 radical (unpaired) electrons. The van der Waals surface area contributed by atoms with Gasteiger partial charge in [-0.3, -0.25) is 4.79 Å². The first-order valence-corrected chi connectivity index (χ1v) is 5.29. The van der Waals surface area contributed by atoms with Gasteiger partial charge in [0.15, 0.2) is 5.69 Å². The lowest BCUT2D eigenvalue weighted by atomic mass is 10.4. The van der Waals surface area contributed by atoms with Gasteiger partial charge in [0.05, 0.1) is 13.2 Å². The molecule has 0 spiro atoms. The number of carbonyl (C=O) groups excluding carboxylic acids is 1. The number of aliphatic hydroxyl groups excluding tert-OH is 1. The van der Waals surface area contributed by atoms with Crippen LogP contribution in [0.1, 0.15) is 10.5 Å². The van der Waals surface area contributed by atoms with Gasteiger partial charge in [-0.1, -0.05) is 4.49 Å². The quantitative estimate of drug-likeness (QED) is 0.722. The molecule has 0 unspecified atom stereocenters. The fourth-order valence-corrected chi connectivity index (χ4v) is 1.49. The van der Waals surface area contributed by atoms with Crippen LogP contribution >= 0.6 is 11.5 Å². The summed E-state index contributed by atoms with van der Waals surface area (Å²) < 4.78 is 8.49. The second kappa shape index (κ2) is 6.44. The highest BCUT2D eigenvalue weighted by atomic mass is 32.1. The van der Waals surface area contributed by atoms with Gasteiger partial charge in [-0.25, -0.2) is 0 Å². The van der Waals surface area contributed by atoms with E-state index in [1.807, 2.05) is 0 Å². The zero-order valence-electron chi connectivity index (χ0n) is 8.42.